The van der Waals surface area contributed by atoms with Crippen LogP contribution in [0.3, 0.4) is 0 Å². The third kappa shape index (κ3) is 4.59. The molecule has 1 aromatic heterocycles. The Labute approximate surface area is 126 Å². The van der Waals surface area contributed by atoms with Crippen molar-refractivity contribution in [3.63, 3.8) is 0 Å². The minimum Gasteiger partial charge on any atom is -0.395 e. The summed E-state index contributed by atoms with van der Waals surface area (Å²) in [5.41, 5.74) is 9.03. The third-order valence-corrected chi connectivity index (χ3v) is 3.53. The number of aromatic nitrogens is 1. The normalized spacial score (nSPS) is 11.3. The first-order valence-electron chi connectivity index (χ1n) is 5.64. The van der Waals surface area contributed by atoms with Gasteiger partial charge in [0.1, 0.15) is 0 Å². The monoisotopic (exact) mass is 378 g/mol. The van der Waals surface area contributed by atoms with Gasteiger partial charge < -0.3 is 10.7 Å². The van der Waals surface area contributed by atoms with Crippen LogP contribution in [0.2, 0.25) is 0 Å². The molecule has 18 heavy (non-hydrogen) atoms. The second-order valence-corrected chi connectivity index (χ2v) is 4.78. The molecule has 0 aliphatic carbocycles. The average molecular weight is 380 g/mol. The van der Waals surface area contributed by atoms with E-state index in [0.29, 0.717) is 11.0 Å². The second kappa shape index (κ2) is 8.50. The summed E-state index contributed by atoms with van der Waals surface area (Å²) in [6, 6.07) is 3.78. The molecule has 0 radical (unpaired) electrons. The van der Waals surface area contributed by atoms with E-state index in [-0.39, 0.29) is 0 Å². The molecular formula is C12H20Br2N4. The highest BCUT2D eigenvalue weighted by Gasteiger charge is 2.09. The standard InChI is InChI=1S/C10H14Br2N4.C2H6/c1-6-7(12)3-4-8(15-6)10(13)9(5-11)16(2)14;1-2/h3-4H,5,13-14H2,1-2H3;1-2H3/b10-9-;. The predicted octanol–water partition coefficient (Wildman–Crippen LogP) is 3.01. The molecule has 4 nitrogen and oxygen atoms in total. The summed E-state index contributed by atoms with van der Waals surface area (Å²) < 4.78 is 0.963. The molecule has 0 aliphatic heterocycles. The maximum absolute atomic E-state index is 6.02. The minimum absolute atomic E-state index is 0.581. The maximum atomic E-state index is 6.02. The number of nitrogens with two attached hydrogens (primary N) is 2. The van der Waals surface area contributed by atoms with E-state index < -0.39 is 0 Å². The zero-order chi connectivity index (χ0) is 14.3. The summed E-state index contributed by atoms with van der Waals surface area (Å²) in [4.78, 5) is 4.39. The molecule has 0 spiro atoms. The lowest BCUT2D eigenvalue weighted by Gasteiger charge is -2.17. The van der Waals surface area contributed by atoms with Crippen molar-refractivity contribution in [1.82, 2.24) is 9.99 Å². The van der Waals surface area contributed by atoms with Crippen LogP contribution < -0.4 is 11.6 Å². The Morgan fingerprint density at radius 2 is 1.94 bits per heavy atom. The highest BCUT2D eigenvalue weighted by atomic mass is 79.9. The van der Waals surface area contributed by atoms with Crippen LogP contribution in [0, 0.1) is 6.92 Å². The van der Waals surface area contributed by atoms with Gasteiger partial charge in [0.2, 0.25) is 0 Å². The predicted molar refractivity (Wildman–Crippen MR) is 84.9 cm³/mol. The molecule has 0 atom stereocenters. The van der Waals surface area contributed by atoms with E-state index in [1.165, 1.54) is 5.01 Å². The zero-order valence-electron chi connectivity index (χ0n) is 11.2. The fourth-order valence-corrected chi connectivity index (χ4v) is 2.12. The third-order valence-electron chi connectivity index (χ3n) is 2.16. The SMILES string of the molecule is CC.Cc1nc(/C(N)=C(\CBr)N(C)N)ccc1Br. The van der Waals surface area contributed by atoms with Gasteiger partial charge in [0.25, 0.3) is 0 Å². The Kier molecular flexibility index (Phi) is 8.22. The van der Waals surface area contributed by atoms with Crippen LogP contribution in [-0.2, 0) is 0 Å². The van der Waals surface area contributed by atoms with Gasteiger partial charge in [-0.05, 0) is 35.0 Å². The molecule has 0 amide bonds. The molecule has 1 rings (SSSR count). The van der Waals surface area contributed by atoms with Gasteiger partial charge in [-0.1, -0.05) is 29.8 Å². The number of nitrogens with zero attached hydrogens (tertiary/aromatic N) is 2. The van der Waals surface area contributed by atoms with E-state index in [1.807, 2.05) is 32.9 Å². The van der Waals surface area contributed by atoms with Crippen molar-refractivity contribution < 1.29 is 0 Å². The van der Waals surface area contributed by atoms with Crippen LogP contribution in [0.25, 0.3) is 5.70 Å². The molecule has 4 N–H and O–H groups in total. The van der Waals surface area contributed by atoms with Crippen LogP contribution in [0.5, 0.6) is 0 Å². The molecule has 6 heteroatoms. The number of hydrogen-bond acceptors (Lipinski definition) is 4. The maximum Gasteiger partial charge on any atom is 0.0881 e. The van der Waals surface area contributed by atoms with Crippen molar-refractivity contribution in [2.75, 3.05) is 12.4 Å². The first-order valence-corrected chi connectivity index (χ1v) is 7.55. The second-order valence-electron chi connectivity index (χ2n) is 3.37. The van der Waals surface area contributed by atoms with Gasteiger partial charge in [0.05, 0.1) is 22.8 Å². The van der Waals surface area contributed by atoms with E-state index in [2.05, 4.69) is 36.8 Å². The fraction of sp³-hybridized carbons (Fsp3) is 0.417. The number of hydrazine groups is 1. The number of hydrogen-bond donors (Lipinski definition) is 2. The lowest BCUT2D eigenvalue weighted by molar-refractivity contribution is 0.446. The molecule has 0 saturated carbocycles. The molecule has 0 bridgehead atoms. The molecule has 0 saturated heterocycles. The molecular weight excluding hydrogens is 360 g/mol. The summed E-state index contributed by atoms with van der Waals surface area (Å²) in [6.45, 7) is 5.92. The van der Waals surface area contributed by atoms with Gasteiger partial charge in [0.15, 0.2) is 0 Å². The van der Waals surface area contributed by atoms with Crippen LogP contribution >= 0.6 is 31.9 Å². The first kappa shape index (κ1) is 17.4. The van der Waals surface area contributed by atoms with E-state index in [0.717, 1.165) is 21.6 Å². The largest absolute Gasteiger partial charge is 0.395 e. The minimum atomic E-state index is 0.581. The molecule has 102 valence electrons. The highest BCUT2D eigenvalue weighted by Crippen LogP contribution is 2.19. The van der Waals surface area contributed by atoms with E-state index in [4.69, 9.17) is 11.6 Å². The Balaban J connectivity index is 0.00000137. The van der Waals surface area contributed by atoms with Crippen LogP contribution in [-0.4, -0.2) is 22.4 Å². The van der Waals surface area contributed by atoms with E-state index >= 15 is 0 Å². The molecule has 1 aromatic rings. The summed E-state index contributed by atoms with van der Waals surface area (Å²) in [6.07, 6.45) is 0. The van der Waals surface area contributed by atoms with Gasteiger partial charge in [-0.15, -0.1) is 0 Å². The van der Waals surface area contributed by atoms with Crippen LogP contribution in [0.1, 0.15) is 25.2 Å². The Hall–Kier alpha value is -0.590. The van der Waals surface area contributed by atoms with Crippen molar-refractivity contribution >= 4 is 37.6 Å². The van der Waals surface area contributed by atoms with Crippen molar-refractivity contribution in [2.24, 2.45) is 11.6 Å². The molecule has 0 unspecified atom stereocenters. The number of rotatable bonds is 3. The Morgan fingerprint density at radius 3 is 2.33 bits per heavy atom. The van der Waals surface area contributed by atoms with Crippen molar-refractivity contribution in [2.45, 2.75) is 20.8 Å². The van der Waals surface area contributed by atoms with Crippen molar-refractivity contribution in [1.29, 1.82) is 0 Å². The number of alkyl halides is 1. The van der Waals surface area contributed by atoms with Crippen molar-refractivity contribution in [3.8, 4) is 0 Å². The Morgan fingerprint density at radius 1 is 1.39 bits per heavy atom. The van der Waals surface area contributed by atoms with Gasteiger partial charge in [0, 0.05) is 16.9 Å². The van der Waals surface area contributed by atoms with Gasteiger partial charge >= 0.3 is 0 Å². The Bertz CT molecular complexity index is 417. The number of halogens is 2. The quantitative estimate of drug-likeness (QED) is 0.481. The molecule has 1 heterocycles. The molecule has 0 aliphatic rings. The summed E-state index contributed by atoms with van der Waals surface area (Å²) >= 11 is 6.75. The van der Waals surface area contributed by atoms with Crippen LogP contribution in [0.15, 0.2) is 22.3 Å². The van der Waals surface area contributed by atoms with E-state index in [1.54, 1.807) is 7.05 Å². The van der Waals surface area contributed by atoms with E-state index in [9.17, 15) is 0 Å². The van der Waals surface area contributed by atoms with Crippen LogP contribution in [0.4, 0.5) is 0 Å². The highest BCUT2D eigenvalue weighted by molar-refractivity contribution is 9.10. The van der Waals surface area contributed by atoms with Gasteiger partial charge in [-0.3, -0.25) is 4.98 Å². The molecule has 0 aromatic carbocycles. The smallest absolute Gasteiger partial charge is 0.0881 e. The fourth-order valence-electron chi connectivity index (χ4n) is 1.20. The number of pyridine rings is 1. The lowest BCUT2D eigenvalue weighted by Crippen LogP contribution is -2.28. The first-order chi connectivity index (χ1) is 8.47. The number of aryl methyl sites for hydroxylation is 1. The van der Waals surface area contributed by atoms with Crippen molar-refractivity contribution in [3.05, 3.63) is 33.7 Å². The zero-order valence-corrected chi connectivity index (χ0v) is 14.3. The summed E-state index contributed by atoms with van der Waals surface area (Å²) in [7, 11) is 1.75. The topological polar surface area (TPSA) is 68.2 Å². The number of allylic oxidation sites excluding steroid dienone is 1. The van der Waals surface area contributed by atoms with Gasteiger partial charge in [-0.25, -0.2) is 5.84 Å². The lowest BCUT2D eigenvalue weighted by atomic mass is 10.2. The molecule has 0 fully saturated rings. The summed E-state index contributed by atoms with van der Waals surface area (Å²) in [5, 5.41) is 2.08. The van der Waals surface area contributed by atoms with Gasteiger partial charge in [-0.2, -0.15) is 0 Å². The summed E-state index contributed by atoms with van der Waals surface area (Å²) in [5.74, 6) is 5.68. The average Bonchev–Trinajstić information content (AvgIpc) is 2.35.